The lowest BCUT2D eigenvalue weighted by Crippen LogP contribution is -2.35. The Bertz CT molecular complexity index is 858. The van der Waals surface area contributed by atoms with Crippen LogP contribution in [-0.2, 0) is 22.2 Å². The number of halogens is 3. The number of ether oxygens (including phenoxy) is 2. The van der Waals surface area contributed by atoms with E-state index in [1.54, 1.807) is 6.92 Å². The monoisotopic (exact) mass is 445 g/mol. The second-order valence-corrected chi connectivity index (χ2v) is 7.07. The second kappa shape index (κ2) is 10.9. The molecule has 0 aliphatic carbocycles. The maximum Gasteiger partial charge on any atom is 0.416 e. The molecule has 1 aromatic heterocycles. The van der Waals surface area contributed by atoms with Gasteiger partial charge in [-0.2, -0.15) is 13.2 Å². The van der Waals surface area contributed by atoms with Gasteiger partial charge in [-0.15, -0.1) is 11.3 Å². The van der Waals surface area contributed by atoms with Crippen molar-refractivity contribution in [2.24, 2.45) is 0 Å². The van der Waals surface area contributed by atoms with Crippen LogP contribution >= 0.6 is 11.3 Å². The molecule has 0 saturated carbocycles. The first kappa shape index (κ1) is 23.6. The van der Waals surface area contributed by atoms with E-state index in [0.29, 0.717) is 18.0 Å². The van der Waals surface area contributed by atoms with Crippen LogP contribution in [0.15, 0.2) is 29.6 Å². The van der Waals surface area contributed by atoms with E-state index < -0.39 is 23.7 Å². The smallest absolute Gasteiger partial charge is 0.416 e. The first-order valence-electron chi connectivity index (χ1n) is 9.08. The predicted molar refractivity (Wildman–Crippen MR) is 105 cm³/mol. The zero-order valence-electron chi connectivity index (χ0n) is 16.5. The van der Waals surface area contributed by atoms with Crippen molar-refractivity contribution in [1.29, 1.82) is 0 Å². The number of esters is 1. The molecule has 11 heteroatoms. The molecule has 0 aliphatic heterocycles. The predicted octanol–water partition coefficient (Wildman–Crippen LogP) is 4.41. The van der Waals surface area contributed by atoms with Crippen LogP contribution in [0.3, 0.4) is 0 Å². The number of aromatic nitrogens is 1. The lowest BCUT2D eigenvalue weighted by Gasteiger charge is -2.22. The minimum absolute atomic E-state index is 0.0258. The molecule has 30 heavy (non-hydrogen) atoms. The molecule has 1 heterocycles. The van der Waals surface area contributed by atoms with E-state index in [0.717, 1.165) is 12.1 Å². The number of rotatable bonds is 9. The van der Waals surface area contributed by atoms with E-state index in [1.807, 2.05) is 0 Å². The van der Waals surface area contributed by atoms with Gasteiger partial charge in [-0.25, -0.2) is 14.6 Å². The Hall–Kier alpha value is -2.66. The Morgan fingerprint density at radius 1 is 1.30 bits per heavy atom. The minimum Gasteiger partial charge on any atom is -0.461 e. The summed E-state index contributed by atoms with van der Waals surface area (Å²) in [6, 6.07) is 3.81. The number of methoxy groups -OCH3 is 1. The Kier molecular flexibility index (Phi) is 8.60. The van der Waals surface area contributed by atoms with Gasteiger partial charge >= 0.3 is 18.2 Å². The van der Waals surface area contributed by atoms with Crippen molar-refractivity contribution in [3.63, 3.8) is 0 Å². The molecule has 0 aliphatic rings. The summed E-state index contributed by atoms with van der Waals surface area (Å²) in [6.07, 6.45) is -3.99. The highest BCUT2D eigenvalue weighted by molar-refractivity contribution is 7.09. The van der Waals surface area contributed by atoms with Crippen molar-refractivity contribution in [3.8, 4) is 0 Å². The first-order chi connectivity index (χ1) is 14.2. The Morgan fingerprint density at radius 3 is 2.73 bits per heavy atom. The summed E-state index contributed by atoms with van der Waals surface area (Å²) in [5.41, 5.74) is -0.685. The quantitative estimate of drug-likeness (QED) is 0.457. The summed E-state index contributed by atoms with van der Waals surface area (Å²) >= 11 is 1.19. The summed E-state index contributed by atoms with van der Waals surface area (Å²) in [5.74, 6) is -0.556. The highest BCUT2D eigenvalue weighted by Crippen LogP contribution is 2.30. The molecule has 2 aromatic rings. The Balaban J connectivity index is 2.12. The number of urea groups is 1. The molecule has 2 rings (SSSR count). The number of benzene rings is 1. The summed E-state index contributed by atoms with van der Waals surface area (Å²) in [7, 11) is 1.53. The summed E-state index contributed by atoms with van der Waals surface area (Å²) in [5, 5.41) is 4.51. The molecule has 1 aromatic carbocycles. The van der Waals surface area contributed by atoms with E-state index in [-0.39, 0.29) is 31.1 Å². The van der Waals surface area contributed by atoms with Crippen LogP contribution in [0.1, 0.15) is 34.4 Å². The fourth-order valence-electron chi connectivity index (χ4n) is 2.47. The molecule has 0 saturated heterocycles. The van der Waals surface area contributed by atoms with Gasteiger partial charge in [0.25, 0.3) is 0 Å². The summed E-state index contributed by atoms with van der Waals surface area (Å²) in [6.45, 7) is 2.67. The number of nitrogens with zero attached hydrogens (tertiary/aromatic N) is 2. The lowest BCUT2D eigenvalue weighted by atomic mass is 10.2. The average molecular weight is 445 g/mol. The van der Waals surface area contributed by atoms with Crippen molar-refractivity contribution in [2.75, 3.05) is 32.2 Å². The number of carbonyl (C=O) groups is 2. The third-order valence-corrected chi connectivity index (χ3v) is 4.70. The van der Waals surface area contributed by atoms with Crippen LogP contribution in [0.25, 0.3) is 0 Å². The van der Waals surface area contributed by atoms with Gasteiger partial charge < -0.3 is 19.7 Å². The van der Waals surface area contributed by atoms with Gasteiger partial charge in [0.2, 0.25) is 0 Å². The highest BCUT2D eigenvalue weighted by Gasteiger charge is 2.30. The Labute approximate surface area is 175 Å². The largest absolute Gasteiger partial charge is 0.461 e. The molecule has 0 fully saturated rings. The van der Waals surface area contributed by atoms with Crippen molar-refractivity contribution in [1.82, 2.24) is 9.88 Å². The maximum atomic E-state index is 12.9. The third-order valence-electron chi connectivity index (χ3n) is 3.87. The minimum atomic E-state index is -4.51. The molecule has 1 N–H and O–H groups in total. The molecule has 0 unspecified atom stereocenters. The number of carbonyl (C=O) groups excluding carboxylic acids is 2. The zero-order chi connectivity index (χ0) is 22.1. The molecular formula is C19H22F3N3O4S. The number of anilines is 1. The fraction of sp³-hybridized carbons (Fsp3) is 0.421. The van der Waals surface area contributed by atoms with E-state index in [1.165, 1.54) is 40.9 Å². The van der Waals surface area contributed by atoms with E-state index >= 15 is 0 Å². The summed E-state index contributed by atoms with van der Waals surface area (Å²) in [4.78, 5) is 30.0. The van der Waals surface area contributed by atoms with Gasteiger partial charge in [0.1, 0.15) is 5.01 Å². The topological polar surface area (TPSA) is 80.8 Å². The summed E-state index contributed by atoms with van der Waals surface area (Å²) < 4.78 is 48.6. The van der Waals surface area contributed by atoms with Crippen molar-refractivity contribution >= 4 is 29.0 Å². The number of alkyl halides is 3. The molecule has 2 amide bonds. The van der Waals surface area contributed by atoms with Crippen LogP contribution in [0.2, 0.25) is 0 Å². The van der Waals surface area contributed by atoms with Crippen LogP contribution < -0.4 is 5.32 Å². The molecule has 0 spiro atoms. The SMILES string of the molecule is CCOC(=O)c1csc(CN(CCCOC)C(=O)Nc2cccc(C(F)(F)F)c2)n1. The van der Waals surface area contributed by atoms with Crippen molar-refractivity contribution in [2.45, 2.75) is 26.1 Å². The van der Waals surface area contributed by atoms with Crippen LogP contribution in [0, 0.1) is 0 Å². The number of thiazole rings is 1. The van der Waals surface area contributed by atoms with E-state index in [2.05, 4.69) is 10.3 Å². The Morgan fingerprint density at radius 2 is 2.07 bits per heavy atom. The maximum absolute atomic E-state index is 12.9. The molecule has 0 atom stereocenters. The average Bonchev–Trinajstić information content (AvgIpc) is 3.16. The number of hydrogen-bond acceptors (Lipinski definition) is 6. The van der Waals surface area contributed by atoms with Gasteiger partial charge in [0.05, 0.1) is 18.7 Å². The molecular weight excluding hydrogens is 423 g/mol. The van der Waals surface area contributed by atoms with Gasteiger partial charge in [-0.05, 0) is 31.5 Å². The van der Waals surface area contributed by atoms with E-state index in [9.17, 15) is 22.8 Å². The first-order valence-corrected chi connectivity index (χ1v) is 9.96. The van der Waals surface area contributed by atoms with Crippen LogP contribution in [0.4, 0.5) is 23.7 Å². The van der Waals surface area contributed by atoms with Crippen LogP contribution in [0.5, 0.6) is 0 Å². The van der Waals surface area contributed by atoms with E-state index in [4.69, 9.17) is 9.47 Å². The van der Waals surface area contributed by atoms with Gasteiger partial charge in [0, 0.05) is 31.3 Å². The van der Waals surface area contributed by atoms with Crippen molar-refractivity contribution in [3.05, 3.63) is 45.9 Å². The highest BCUT2D eigenvalue weighted by atomic mass is 32.1. The fourth-order valence-corrected chi connectivity index (χ4v) is 3.25. The molecule has 164 valence electrons. The third kappa shape index (κ3) is 6.99. The lowest BCUT2D eigenvalue weighted by molar-refractivity contribution is -0.137. The van der Waals surface area contributed by atoms with Crippen LogP contribution in [-0.4, -0.2) is 48.8 Å². The molecule has 7 nitrogen and oxygen atoms in total. The van der Waals surface area contributed by atoms with Gasteiger partial charge in [0.15, 0.2) is 5.69 Å². The number of nitrogens with one attached hydrogen (secondary N) is 1. The second-order valence-electron chi connectivity index (χ2n) is 6.12. The molecule has 0 radical (unpaired) electrons. The van der Waals surface area contributed by atoms with Gasteiger partial charge in [-0.3, -0.25) is 0 Å². The normalized spacial score (nSPS) is 11.2. The zero-order valence-corrected chi connectivity index (χ0v) is 17.3. The van der Waals surface area contributed by atoms with Crippen molar-refractivity contribution < 1.29 is 32.2 Å². The number of hydrogen-bond donors (Lipinski definition) is 1. The standard InChI is InChI=1S/C19H22F3N3O4S/c1-3-29-17(26)15-12-30-16(24-15)11-25(8-5-9-28-2)18(27)23-14-7-4-6-13(10-14)19(20,21)22/h4,6-7,10,12H,3,5,8-9,11H2,1-2H3,(H,23,27). The number of amides is 2. The molecule has 0 bridgehead atoms. The van der Waals surface area contributed by atoms with Gasteiger partial charge in [-0.1, -0.05) is 6.07 Å².